The van der Waals surface area contributed by atoms with Gasteiger partial charge in [-0.05, 0) is 36.8 Å². The average Bonchev–Trinajstić information content (AvgIpc) is 2.84. The van der Waals surface area contributed by atoms with Crippen molar-refractivity contribution in [3.63, 3.8) is 0 Å². The number of hydrazine groups is 1. The van der Waals surface area contributed by atoms with Crippen molar-refractivity contribution >= 4 is 0 Å². The average molecular weight is 420 g/mol. The Kier molecular flexibility index (Phi) is 8.99. The van der Waals surface area contributed by atoms with Gasteiger partial charge in [-0.25, -0.2) is 10.0 Å². The van der Waals surface area contributed by atoms with Gasteiger partial charge in [0.25, 0.3) is 0 Å². The summed E-state index contributed by atoms with van der Waals surface area (Å²) in [7, 11) is 0. The third-order valence-electron chi connectivity index (χ3n) is 7.15. The van der Waals surface area contributed by atoms with E-state index in [0.29, 0.717) is 0 Å². The summed E-state index contributed by atoms with van der Waals surface area (Å²) in [6, 6.07) is 23.3. The van der Waals surface area contributed by atoms with Gasteiger partial charge >= 0.3 is 0 Å². The zero-order chi connectivity index (χ0) is 21.1. The molecule has 3 nitrogen and oxygen atoms in total. The summed E-state index contributed by atoms with van der Waals surface area (Å²) < 4.78 is 0. The molecule has 0 atom stereocenters. The van der Waals surface area contributed by atoms with Crippen LogP contribution in [0.25, 0.3) is 0 Å². The molecule has 0 bridgehead atoms. The van der Waals surface area contributed by atoms with Gasteiger partial charge in [0.2, 0.25) is 0 Å². The van der Waals surface area contributed by atoms with Crippen LogP contribution in [0.5, 0.6) is 0 Å². The van der Waals surface area contributed by atoms with E-state index < -0.39 is 0 Å². The number of nitrogens with zero attached hydrogens (tertiary/aromatic N) is 2. The Bertz CT molecular complexity index is 702. The predicted octanol–water partition coefficient (Wildman–Crippen LogP) is 6.16. The molecule has 168 valence electrons. The highest BCUT2D eigenvalue weighted by Crippen LogP contribution is 2.32. The zero-order valence-electron chi connectivity index (χ0n) is 19.2. The Labute approximate surface area is 189 Å². The SMILES string of the molecule is c1ccc(CNCCN(Cc2ccccc2)N(C2CCCCC2)C2CCCCC2)cc1. The third kappa shape index (κ3) is 6.90. The van der Waals surface area contributed by atoms with Crippen LogP contribution < -0.4 is 5.32 Å². The predicted molar refractivity (Wildman–Crippen MR) is 131 cm³/mol. The van der Waals surface area contributed by atoms with Crippen molar-refractivity contribution in [3.8, 4) is 0 Å². The molecule has 4 rings (SSSR count). The quantitative estimate of drug-likeness (QED) is 0.367. The van der Waals surface area contributed by atoms with Crippen molar-refractivity contribution in [2.75, 3.05) is 13.1 Å². The van der Waals surface area contributed by atoms with Gasteiger partial charge < -0.3 is 5.32 Å². The second kappa shape index (κ2) is 12.4. The van der Waals surface area contributed by atoms with Gasteiger partial charge in [-0.3, -0.25) is 0 Å². The number of hydrogen-bond acceptors (Lipinski definition) is 3. The first-order chi connectivity index (χ1) is 15.4. The molecule has 0 saturated heterocycles. The number of benzene rings is 2. The molecule has 2 aromatic rings. The van der Waals surface area contributed by atoms with E-state index in [1.807, 2.05) is 0 Å². The van der Waals surface area contributed by atoms with E-state index in [1.54, 1.807) is 0 Å². The molecule has 2 aliphatic carbocycles. The lowest BCUT2D eigenvalue weighted by Crippen LogP contribution is -2.56. The van der Waals surface area contributed by atoms with Gasteiger partial charge in [0, 0.05) is 38.3 Å². The Morgan fingerprint density at radius 2 is 1.16 bits per heavy atom. The second-order valence-electron chi connectivity index (χ2n) is 9.50. The molecule has 31 heavy (non-hydrogen) atoms. The molecule has 0 radical (unpaired) electrons. The van der Waals surface area contributed by atoms with Gasteiger partial charge in [0.15, 0.2) is 0 Å². The number of nitrogens with one attached hydrogen (secondary N) is 1. The Hall–Kier alpha value is -1.68. The van der Waals surface area contributed by atoms with E-state index in [4.69, 9.17) is 0 Å². The molecule has 0 amide bonds. The second-order valence-corrected chi connectivity index (χ2v) is 9.50. The summed E-state index contributed by atoms with van der Waals surface area (Å²) in [6.07, 6.45) is 14.0. The molecule has 0 spiro atoms. The van der Waals surface area contributed by atoms with E-state index in [2.05, 4.69) is 76.0 Å². The molecule has 0 aliphatic heterocycles. The van der Waals surface area contributed by atoms with Crippen molar-refractivity contribution in [1.82, 2.24) is 15.3 Å². The summed E-state index contributed by atoms with van der Waals surface area (Å²) >= 11 is 0. The minimum absolute atomic E-state index is 0.731. The van der Waals surface area contributed by atoms with E-state index >= 15 is 0 Å². The molecule has 2 aromatic carbocycles. The molecule has 0 aromatic heterocycles. The highest BCUT2D eigenvalue weighted by Gasteiger charge is 2.32. The minimum Gasteiger partial charge on any atom is -0.311 e. The van der Waals surface area contributed by atoms with Crippen LogP contribution in [0.1, 0.15) is 75.3 Å². The topological polar surface area (TPSA) is 18.5 Å². The Morgan fingerprint density at radius 1 is 0.645 bits per heavy atom. The highest BCUT2D eigenvalue weighted by atomic mass is 15.6. The van der Waals surface area contributed by atoms with Crippen LogP contribution in [0.2, 0.25) is 0 Å². The van der Waals surface area contributed by atoms with Crippen molar-refractivity contribution in [3.05, 3.63) is 71.8 Å². The molecule has 2 aliphatic rings. The maximum Gasteiger partial charge on any atom is 0.0384 e. The van der Waals surface area contributed by atoms with Crippen LogP contribution in [-0.2, 0) is 13.1 Å². The molecule has 0 unspecified atom stereocenters. The van der Waals surface area contributed by atoms with E-state index in [0.717, 1.165) is 38.3 Å². The maximum atomic E-state index is 3.71. The van der Waals surface area contributed by atoms with Crippen molar-refractivity contribution in [2.24, 2.45) is 0 Å². The number of rotatable bonds is 10. The molecule has 2 fully saturated rings. The number of hydrogen-bond donors (Lipinski definition) is 1. The largest absolute Gasteiger partial charge is 0.311 e. The Morgan fingerprint density at radius 3 is 1.71 bits per heavy atom. The normalized spacial score (nSPS) is 18.6. The van der Waals surface area contributed by atoms with Gasteiger partial charge in [0.05, 0.1) is 0 Å². The first-order valence-corrected chi connectivity index (χ1v) is 12.7. The fraction of sp³-hybridized carbons (Fsp3) is 0.571. The lowest BCUT2D eigenvalue weighted by atomic mass is 9.90. The van der Waals surface area contributed by atoms with Crippen molar-refractivity contribution in [2.45, 2.75) is 89.4 Å². The molecule has 1 N–H and O–H groups in total. The monoisotopic (exact) mass is 419 g/mol. The molecule has 2 saturated carbocycles. The van der Waals surface area contributed by atoms with Crippen molar-refractivity contribution in [1.29, 1.82) is 0 Å². The van der Waals surface area contributed by atoms with Crippen LogP contribution >= 0.6 is 0 Å². The molecule has 3 heteroatoms. The van der Waals surface area contributed by atoms with Crippen LogP contribution in [0, 0.1) is 0 Å². The zero-order valence-corrected chi connectivity index (χ0v) is 19.2. The van der Waals surface area contributed by atoms with Crippen LogP contribution in [0.15, 0.2) is 60.7 Å². The Balaban J connectivity index is 1.46. The summed E-state index contributed by atoms with van der Waals surface area (Å²) in [5, 5.41) is 9.32. The van der Waals surface area contributed by atoms with E-state index in [-0.39, 0.29) is 0 Å². The highest BCUT2D eigenvalue weighted by molar-refractivity contribution is 5.15. The van der Waals surface area contributed by atoms with Gasteiger partial charge in [-0.15, -0.1) is 0 Å². The first-order valence-electron chi connectivity index (χ1n) is 12.7. The van der Waals surface area contributed by atoms with Gasteiger partial charge in [-0.1, -0.05) is 99.2 Å². The van der Waals surface area contributed by atoms with Crippen LogP contribution in [-0.4, -0.2) is 35.2 Å². The van der Waals surface area contributed by atoms with Crippen LogP contribution in [0.4, 0.5) is 0 Å². The fourth-order valence-electron chi connectivity index (χ4n) is 5.56. The molecular weight excluding hydrogens is 378 g/mol. The summed E-state index contributed by atoms with van der Waals surface area (Å²) in [6.45, 7) is 4.08. The maximum absolute atomic E-state index is 3.71. The van der Waals surface area contributed by atoms with Crippen molar-refractivity contribution < 1.29 is 0 Å². The lowest BCUT2D eigenvalue weighted by Gasteiger charge is -2.48. The standard InChI is InChI=1S/C28H41N3/c1-5-13-25(14-6-1)23-29-21-22-30(24-26-15-7-2-8-16-26)31(27-17-9-3-10-18-27)28-19-11-4-12-20-28/h1-2,5-8,13-16,27-29H,3-4,9-12,17-24H2. The van der Waals surface area contributed by atoms with E-state index in [1.165, 1.54) is 75.3 Å². The van der Waals surface area contributed by atoms with E-state index in [9.17, 15) is 0 Å². The summed E-state index contributed by atoms with van der Waals surface area (Å²) in [5.41, 5.74) is 2.80. The smallest absolute Gasteiger partial charge is 0.0384 e. The third-order valence-corrected chi connectivity index (χ3v) is 7.15. The fourth-order valence-corrected chi connectivity index (χ4v) is 5.56. The lowest BCUT2D eigenvalue weighted by molar-refractivity contribution is -0.117. The minimum atomic E-state index is 0.731. The molecular formula is C28H41N3. The van der Waals surface area contributed by atoms with Gasteiger partial charge in [0.1, 0.15) is 0 Å². The molecule has 0 heterocycles. The first kappa shape index (κ1) is 22.5. The van der Waals surface area contributed by atoms with Crippen LogP contribution in [0.3, 0.4) is 0 Å². The van der Waals surface area contributed by atoms with Gasteiger partial charge in [-0.2, -0.15) is 0 Å². The summed E-state index contributed by atoms with van der Waals surface area (Å²) in [5.74, 6) is 0. The summed E-state index contributed by atoms with van der Waals surface area (Å²) in [4.78, 5) is 0.